The van der Waals surface area contributed by atoms with E-state index in [4.69, 9.17) is 17.2 Å². The van der Waals surface area contributed by atoms with Gasteiger partial charge in [0, 0.05) is 5.69 Å². The summed E-state index contributed by atoms with van der Waals surface area (Å²) in [7, 11) is 0. The van der Waals surface area contributed by atoms with E-state index in [9.17, 15) is 0 Å². The zero-order valence-electron chi connectivity index (χ0n) is 7.62. The van der Waals surface area contributed by atoms with Crippen LogP contribution in [-0.2, 0) is 6.54 Å². The maximum atomic E-state index is 5.62. The lowest BCUT2D eigenvalue weighted by atomic mass is 10.1. The van der Waals surface area contributed by atoms with E-state index in [-0.39, 0.29) is 5.96 Å². The quantitative estimate of drug-likeness (QED) is 0.347. The number of aliphatic imine (C=N–C) groups is 1. The Morgan fingerprint density at radius 2 is 2.08 bits per heavy atom. The van der Waals surface area contributed by atoms with Crippen LogP contribution in [-0.4, -0.2) is 5.96 Å². The molecule has 1 rings (SSSR count). The summed E-state index contributed by atoms with van der Waals surface area (Å²) in [5, 5.41) is 0. The second-order valence-electron chi connectivity index (χ2n) is 2.93. The number of benzene rings is 1. The van der Waals surface area contributed by atoms with Crippen LogP contribution in [0.25, 0.3) is 0 Å². The highest BCUT2D eigenvalue weighted by Crippen LogP contribution is 2.13. The molecule has 1 aromatic carbocycles. The maximum absolute atomic E-state index is 5.62. The SMILES string of the molecule is Cc1ccc(N)cc1CN=C(N)N. The van der Waals surface area contributed by atoms with E-state index in [1.54, 1.807) is 0 Å². The molecule has 0 saturated carbocycles. The van der Waals surface area contributed by atoms with Crippen molar-refractivity contribution in [2.75, 3.05) is 5.73 Å². The molecule has 0 saturated heterocycles. The minimum Gasteiger partial charge on any atom is -0.399 e. The van der Waals surface area contributed by atoms with Crippen LogP contribution < -0.4 is 17.2 Å². The summed E-state index contributed by atoms with van der Waals surface area (Å²) in [4.78, 5) is 3.91. The number of hydrogen-bond donors (Lipinski definition) is 3. The third-order valence-electron chi connectivity index (χ3n) is 1.81. The van der Waals surface area contributed by atoms with E-state index in [1.165, 1.54) is 0 Å². The monoisotopic (exact) mass is 178 g/mol. The van der Waals surface area contributed by atoms with Crippen molar-refractivity contribution in [1.82, 2.24) is 0 Å². The minimum absolute atomic E-state index is 0.0989. The van der Waals surface area contributed by atoms with Crippen LogP contribution in [0.4, 0.5) is 5.69 Å². The Morgan fingerprint density at radius 3 is 2.69 bits per heavy atom. The molecule has 0 aliphatic rings. The van der Waals surface area contributed by atoms with Crippen molar-refractivity contribution in [3.8, 4) is 0 Å². The lowest BCUT2D eigenvalue weighted by molar-refractivity contribution is 1.04. The van der Waals surface area contributed by atoms with Gasteiger partial charge in [0.2, 0.25) is 0 Å². The van der Waals surface area contributed by atoms with Crippen molar-refractivity contribution in [2.24, 2.45) is 16.5 Å². The largest absolute Gasteiger partial charge is 0.399 e. The van der Waals surface area contributed by atoms with Gasteiger partial charge < -0.3 is 17.2 Å². The van der Waals surface area contributed by atoms with Crippen molar-refractivity contribution in [2.45, 2.75) is 13.5 Å². The molecular formula is C9H14N4. The van der Waals surface area contributed by atoms with Gasteiger partial charge in [0.25, 0.3) is 0 Å². The standard InChI is InChI=1S/C9H14N4/c1-6-2-3-8(10)4-7(6)5-13-9(11)12/h2-4H,5,10H2,1H3,(H4,11,12,13). The number of rotatable bonds is 2. The summed E-state index contributed by atoms with van der Waals surface area (Å²) < 4.78 is 0. The van der Waals surface area contributed by atoms with Gasteiger partial charge in [-0.15, -0.1) is 0 Å². The van der Waals surface area contributed by atoms with E-state index in [0.29, 0.717) is 6.54 Å². The highest BCUT2D eigenvalue weighted by molar-refractivity contribution is 5.75. The van der Waals surface area contributed by atoms with E-state index in [2.05, 4.69) is 4.99 Å². The summed E-state index contributed by atoms with van der Waals surface area (Å²) in [5.41, 5.74) is 19.0. The third kappa shape index (κ3) is 2.66. The van der Waals surface area contributed by atoms with Gasteiger partial charge in [0.15, 0.2) is 5.96 Å². The average molecular weight is 178 g/mol. The van der Waals surface area contributed by atoms with Crippen LogP contribution in [0.5, 0.6) is 0 Å². The lowest BCUT2D eigenvalue weighted by Crippen LogP contribution is -2.22. The first-order valence-electron chi connectivity index (χ1n) is 4.00. The predicted molar refractivity (Wildman–Crippen MR) is 55.1 cm³/mol. The zero-order valence-corrected chi connectivity index (χ0v) is 7.62. The van der Waals surface area contributed by atoms with Crippen molar-refractivity contribution >= 4 is 11.6 Å². The summed E-state index contributed by atoms with van der Waals surface area (Å²) in [6.45, 7) is 2.48. The molecule has 0 radical (unpaired) electrons. The molecule has 0 unspecified atom stereocenters. The van der Waals surface area contributed by atoms with Crippen molar-refractivity contribution in [1.29, 1.82) is 0 Å². The highest BCUT2D eigenvalue weighted by Gasteiger charge is 1.97. The topological polar surface area (TPSA) is 90.4 Å². The Balaban J connectivity index is 2.87. The van der Waals surface area contributed by atoms with E-state index in [1.807, 2.05) is 25.1 Å². The first-order valence-corrected chi connectivity index (χ1v) is 4.00. The fourth-order valence-corrected chi connectivity index (χ4v) is 1.04. The van der Waals surface area contributed by atoms with E-state index < -0.39 is 0 Å². The minimum atomic E-state index is 0.0989. The fraction of sp³-hybridized carbons (Fsp3) is 0.222. The van der Waals surface area contributed by atoms with Crippen LogP contribution >= 0.6 is 0 Å². The molecule has 4 nitrogen and oxygen atoms in total. The summed E-state index contributed by atoms with van der Waals surface area (Å²) in [5.74, 6) is 0.0989. The molecule has 0 amide bonds. The van der Waals surface area contributed by atoms with Crippen LogP contribution in [0.1, 0.15) is 11.1 Å². The zero-order chi connectivity index (χ0) is 9.84. The smallest absolute Gasteiger partial charge is 0.186 e. The van der Waals surface area contributed by atoms with Crippen molar-refractivity contribution in [3.63, 3.8) is 0 Å². The summed E-state index contributed by atoms with van der Waals surface area (Å²) in [6.07, 6.45) is 0. The molecule has 0 atom stereocenters. The van der Waals surface area contributed by atoms with E-state index in [0.717, 1.165) is 16.8 Å². The van der Waals surface area contributed by atoms with Crippen LogP contribution in [0.15, 0.2) is 23.2 Å². The molecule has 1 aromatic rings. The van der Waals surface area contributed by atoms with Crippen LogP contribution in [0, 0.1) is 6.92 Å². The highest BCUT2D eigenvalue weighted by atomic mass is 15.0. The number of nitrogen functional groups attached to an aromatic ring is 1. The molecule has 13 heavy (non-hydrogen) atoms. The van der Waals surface area contributed by atoms with Gasteiger partial charge in [-0.25, -0.2) is 4.99 Å². The van der Waals surface area contributed by atoms with Crippen LogP contribution in [0.3, 0.4) is 0 Å². The number of aryl methyl sites for hydroxylation is 1. The van der Waals surface area contributed by atoms with E-state index >= 15 is 0 Å². The molecule has 0 bridgehead atoms. The number of nitrogens with zero attached hydrogens (tertiary/aromatic N) is 1. The Labute approximate surface area is 77.4 Å². The molecule has 70 valence electrons. The van der Waals surface area contributed by atoms with Gasteiger partial charge in [-0.3, -0.25) is 0 Å². The molecule has 4 heteroatoms. The molecule has 0 aliphatic heterocycles. The number of guanidine groups is 1. The number of hydrogen-bond acceptors (Lipinski definition) is 2. The van der Waals surface area contributed by atoms with Gasteiger partial charge in [0.1, 0.15) is 0 Å². The Kier molecular flexibility index (Phi) is 2.74. The van der Waals surface area contributed by atoms with Gasteiger partial charge in [-0.05, 0) is 30.2 Å². The van der Waals surface area contributed by atoms with Crippen LogP contribution in [0.2, 0.25) is 0 Å². The van der Waals surface area contributed by atoms with Crippen molar-refractivity contribution in [3.05, 3.63) is 29.3 Å². The molecule has 0 fully saturated rings. The van der Waals surface area contributed by atoms with Crippen molar-refractivity contribution < 1.29 is 0 Å². The molecule has 0 aromatic heterocycles. The number of anilines is 1. The maximum Gasteiger partial charge on any atom is 0.186 e. The fourth-order valence-electron chi connectivity index (χ4n) is 1.04. The second kappa shape index (κ2) is 3.80. The Morgan fingerprint density at radius 1 is 1.38 bits per heavy atom. The lowest BCUT2D eigenvalue weighted by Gasteiger charge is -2.03. The summed E-state index contributed by atoms with van der Waals surface area (Å²) >= 11 is 0. The number of nitrogens with two attached hydrogens (primary N) is 3. The molecular weight excluding hydrogens is 164 g/mol. The molecule has 0 heterocycles. The molecule has 0 aliphatic carbocycles. The van der Waals surface area contributed by atoms with Gasteiger partial charge in [-0.2, -0.15) is 0 Å². The Hall–Kier alpha value is -1.71. The molecule has 0 spiro atoms. The Bertz CT molecular complexity index is 326. The first kappa shape index (κ1) is 9.38. The first-order chi connectivity index (χ1) is 6.09. The average Bonchev–Trinajstić information content (AvgIpc) is 2.06. The summed E-state index contributed by atoms with van der Waals surface area (Å²) in [6, 6.07) is 5.68. The predicted octanol–water partition coefficient (Wildman–Crippen LogP) is 0.351. The second-order valence-corrected chi connectivity index (χ2v) is 2.93. The van der Waals surface area contributed by atoms with Gasteiger partial charge in [0.05, 0.1) is 6.54 Å². The van der Waals surface area contributed by atoms with Gasteiger partial charge in [-0.1, -0.05) is 6.07 Å². The van der Waals surface area contributed by atoms with Gasteiger partial charge >= 0.3 is 0 Å². The molecule has 6 N–H and O–H groups in total. The normalized spacial score (nSPS) is 9.62. The third-order valence-corrected chi connectivity index (χ3v) is 1.81.